The fraction of sp³-hybridized carbons (Fsp3) is 0.706. The summed E-state index contributed by atoms with van der Waals surface area (Å²) in [5.41, 5.74) is 3.47. The second kappa shape index (κ2) is 7.76. The Morgan fingerprint density at radius 2 is 2.19 bits per heavy atom. The lowest BCUT2D eigenvalue weighted by Gasteiger charge is -2.36. The van der Waals surface area contributed by atoms with Crippen LogP contribution in [0.5, 0.6) is 5.75 Å². The molecule has 1 unspecified atom stereocenters. The molecule has 2 heterocycles. The Kier molecular flexibility index (Phi) is 6.00. The highest BCUT2D eigenvalue weighted by molar-refractivity contribution is 5.41. The van der Waals surface area contributed by atoms with E-state index in [1.807, 2.05) is 13.2 Å². The minimum atomic E-state index is 0.680. The van der Waals surface area contributed by atoms with Crippen LogP contribution < -0.4 is 10.1 Å². The van der Waals surface area contributed by atoms with E-state index in [-0.39, 0.29) is 0 Å². The molecule has 1 saturated heterocycles. The molecule has 1 N–H and O–H groups in total. The number of methoxy groups -OCH3 is 1. The van der Waals surface area contributed by atoms with Gasteiger partial charge in [-0.25, -0.2) is 0 Å². The van der Waals surface area contributed by atoms with Crippen LogP contribution in [0.4, 0.5) is 0 Å². The van der Waals surface area contributed by atoms with Gasteiger partial charge in [0.25, 0.3) is 0 Å². The van der Waals surface area contributed by atoms with Crippen LogP contribution in [-0.2, 0) is 6.54 Å². The van der Waals surface area contributed by atoms with Crippen LogP contribution in [0.2, 0.25) is 0 Å². The summed E-state index contributed by atoms with van der Waals surface area (Å²) in [6.45, 7) is 7.40. The third-order valence-corrected chi connectivity index (χ3v) is 4.58. The number of pyridine rings is 1. The lowest BCUT2D eigenvalue weighted by Crippen LogP contribution is -2.40. The molecule has 2 rings (SSSR count). The predicted octanol–water partition coefficient (Wildman–Crippen LogP) is 2.67. The van der Waals surface area contributed by atoms with Crippen molar-refractivity contribution in [3.05, 3.63) is 23.0 Å². The number of aromatic nitrogens is 1. The van der Waals surface area contributed by atoms with Crippen LogP contribution in [0.1, 0.15) is 42.5 Å². The molecule has 0 amide bonds. The van der Waals surface area contributed by atoms with Gasteiger partial charge in [0.2, 0.25) is 0 Å². The van der Waals surface area contributed by atoms with Gasteiger partial charge in [-0.05, 0) is 53.2 Å². The maximum absolute atomic E-state index is 5.53. The van der Waals surface area contributed by atoms with E-state index < -0.39 is 0 Å². The van der Waals surface area contributed by atoms with Crippen molar-refractivity contribution in [2.24, 2.45) is 0 Å². The Balaban J connectivity index is 2.11. The van der Waals surface area contributed by atoms with Gasteiger partial charge < -0.3 is 10.1 Å². The van der Waals surface area contributed by atoms with Gasteiger partial charge in [-0.15, -0.1) is 0 Å². The van der Waals surface area contributed by atoms with E-state index in [0.29, 0.717) is 6.04 Å². The summed E-state index contributed by atoms with van der Waals surface area (Å²) in [4.78, 5) is 7.26. The smallest absolute Gasteiger partial charge is 0.128 e. The molecule has 1 aromatic rings. The number of ether oxygens (including phenoxy) is 1. The van der Waals surface area contributed by atoms with Crippen molar-refractivity contribution in [2.45, 2.75) is 52.1 Å². The normalized spacial score (nSPS) is 19.7. The van der Waals surface area contributed by atoms with Gasteiger partial charge in [0, 0.05) is 29.9 Å². The van der Waals surface area contributed by atoms with E-state index in [0.717, 1.165) is 30.1 Å². The summed E-state index contributed by atoms with van der Waals surface area (Å²) >= 11 is 0. The number of rotatable bonds is 6. The number of piperidine rings is 1. The van der Waals surface area contributed by atoms with Crippen molar-refractivity contribution >= 4 is 0 Å². The molecule has 1 aromatic heterocycles. The first-order chi connectivity index (χ1) is 10.2. The first-order valence-corrected chi connectivity index (χ1v) is 8.05. The Labute approximate surface area is 128 Å². The molecule has 1 aliphatic heterocycles. The third-order valence-electron chi connectivity index (χ3n) is 4.58. The molecular formula is C17H29N3O. The number of hydrogen-bond acceptors (Lipinski definition) is 4. The summed E-state index contributed by atoms with van der Waals surface area (Å²) in [6.07, 6.45) is 7.13. The van der Waals surface area contributed by atoms with E-state index in [2.05, 4.69) is 29.0 Å². The zero-order valence-corrected chi connectivity index (χ0v) is 13.9. The zero-order chi connectivity index (χ0) is 15.2. The van der Waals surface area contributed by atoms with E-state index in [1.54, 1.807) is 7.11 Å². The lowest BCUT2D eigenvalue weighted by atomic mass is 9.98. The molecule has 118 valence electrons. The van der Waals surface area contributed by atoms with Crippen LogP contribution in [-0.4, -0.2) is 43.2 Å². The minimum Gasteiger partial charge on any atom is -0.496 e. The van der Waals surface area contributed by atoms with Crippen molar-refractivity contribution in [3.8, 4) is 5.75 Å². The number of nitrogens with zero attached hydrogens (tertiary/aromatic N) is 2. The largest absolute Gasteiger partial charge is 0.496 e. The fourth-order valence-electron chi connectivity index (χ4n) is 3.33. The van der Waals surface area contributed by atoms with Crippen LogP contribution in [0.25, 0.3) is 0 Å². The Bertz CT molecular complexity index is 462. The Hall–Kier alpha value is -1.13. The SMILES string of the molecule is CNCCC1CCCCN1Cc1ncc(C)c(OC)c1C. The molecule has 0 bridgehead atoms. The van der Waals surface area contributed by atoms with E-state index in [4.69, 9.17) is 4.74 Å². The summed E-state index contributed by atoms with van der Waals surface area (Å²) in [5.74, 6) is 0.990. The van der Waals surface area contributed by atoms with Gasteiger partial charge >= 0.3 is 0 Å². The molecule has 1 atom stereocenters. The standard InChI is InChI=1S/C17H29N3O/c1-13-11-19-16(14(2)17(13)21-4)12-20-10-6-5-7-15(20)8-9-18-3/h11,15,18H,5-10,12H2,1-4H3. The molecule has 0 spiro atoms. The van der Waals surface area contributed by atoms with E-state index >= 15 is 0 Å². The van der Waals surface area contributed by atoms with Gasteiger partial charge in [-0.1, -0.05) is 6.42 Å². The summed E-state index contributed by atoms with van der Waals surface area (Å²) in [5, 5.41) is 3.27. The molecule has 4 heteroatoms. The second-order valence-corrected chi connectivity index (χ2v) is 6.06. The van der Waals surface area contributed by atoms with Gasteiger partial charge in [-0.3, -0.25) is 9.88 Å². The van der Waals surface area contributed by atoms with Gasteiger partial charge in [0.1, 0.15) is 5.75 Å². The highest BCUT2D eigenvalue weighted by Gasteiger charge is 2.23. The highest BCUT2D eigenvalue weighted by atomic mass is 16.5. The Morgan fingerprint density at radius 3 is 2.90 bits per heavy atom. The average molecular weight is 291 g/mol. The third kappa shape index (κ3) is 3.95. The van der Waals surface area contributed by atoms with Crippen LogP contribution in [0.3, 0.4) is 0 Å². The average Bonchev–Trinajstić information content (AvgIpc) is 2.50. The van der Waals surface area contributed by atoms with Crippen LogP contribution >= 0.6 is 0 Å². The zero-order valence-electron chi connectivity index (χ0n) is 13.9. The fourth-order valence-corrected chi connectivity index (χ4v) is 3.33. The molecule has 0 aliphatic carbocycles. The first kappa shape index (κ1) is 16.2. The molecule has 1 fully saturated rings. The molecule has 21 heavy (non-hydrogen) atoms. The molecule has 1 aliphatic rings. The highest BCUT2D eigenvalue weighted by Crippen LogP contribution is 2.27. The number of aryl methyl sites for hydroxylation is 1. The molecular weight excluding hydrogens is 262 g/mol. The van der Waals surface area contributed by atoms with E-state index in [1.165, 1.54) is 37.8 Å². The number of likely N-dealkylation sites (tertiary alicyclic amines) is 1. The summed E-state index contributed by atoms with van der Waals surface area (Å²) < 4.78 is 5.53. The minimum absolute atomic E-state index is 0.680. The predicted molar refractivity (Wildman–Crippen MR) is 86.9 cm³/mol. The molecule has 4 nitrogen and oxygen atoms in total. The van der Waals surface area contributed by atoms with Gasteiger partial charge in [0.15, 0.2) is 0 Å². The Morgan fingerprint density at radius 1 is 1.38 bits per heavy atom. The number of hydrogen-bond donors (Lipinski definition) is 1. The lowest BCUT2D eigenvalue weighted by molar-refractivity contribution is 0.130. The maximum atomic E-state index is 5.53. The van der Waals surface area contributed by atoms with E-state index in [9.17, 15) is 0 Å². The monoisotopic (exact) mass is 291 g/mol. The van der Waals surface area contributed by atoms with Crippen LogP contribution in [0, 0.1) is 13.8 Å². The molecule has 0 saturated carbocycles. The quantitative estimate of drug-likeness (QED) is 0.874. The first-order valence-electron chi connectivity index (χ1n) is 8.05. The second-order valence-electron chi connectivity index (χ2n) is 6.06. The van der Waals surface area contributed by atoms with Gasteiger partial charge in [0.05, 0.1) is 12.8 Å². The topological polar surface area (TPSA) is 37.4 Å². The summed E-state index contributed by atoms with van der Waals surface area (Å²) in [6, 6.07) is 0.680. The summed E-state index contributed by atoms with van der Waals surface area (Å²) in [7, 11) is 3.78. The molecule has 0 radical (unpaired) electrons. The van der Waals surface area contributed by atoms with Crippen molar-refractivity contribution in [3.63, 3.8) is 0 Å². The van der Waals surface area contributed by atoms with Crippen LogP contribution in [0.15, 0.2) is 6.20 Å². The van der Waals surface area contributed by atoms with Crippen molar-refractivity contribution in [1.82, 2.24) is 15.2 Å². The maximum Gasteiger partial charge on any atom is 0.128 e. The number of nitrogens with one attached hydrogen (secondary N) is 1. The van der Waals surface area contributed by atoms with Crippen molar-refractivity contribution < 1.29 is 4.74 Å². The van der Waals surface area contributed by atoms with Crippen molar-refractivity contribution in [1.29, 1.82) is 0 Å². The van der Waals surface area contributed by atoms with Crippen molar-refractivity contribution in [2.75, 3.05) is 27.2 Å². The van der Waals surface area contributed by atoms with Gasteiger partial charge in [-0.2, -0.15) is 0 Å². The molecule has 0 aromatic carbocycles.